The van der Waals surface area contributed by atoms with Gasteiger partial charge in [-0.3, -0.25) is 0 Å². The molecular weight excluding hydrogens is 246 g/mol. The Kier molecular flexibility index (Phi) is 4.91. The van der Waals surface area contributed by atoms with Crippen LogP contribution in [0.4, 0.5) is 0 Å². The number of carbonyl (C=O) groups is 1. The number of ether oxygens (including phenoxy) is 1. The molecule has 0 aromatic heterocycles. The number of esters is 1. The van der Waals surface area contributed by atoms with Gasteiger partial charge in [-0.1, -0.05) is 0 Å². The summed E-state index contributed by atoms with van der Waals surface area (Å²) in [7, 11) is -1.97. The smallest absolute Gasteiger partial charge is 0.334 e. The number of aliphatic hydroxyl groups excluding tert-OH is 1. The largest absolute Gasteiger partial charge is 0.467 e. The molecule has 1 fully saturated rings. The third-order valence-corrected chi connectivity index (χ3v) is 4.25. The van der Waals surface area contributed by atoms with Gasteiger partial charge < -0.3 is 9.84 Å². The molecule has 1 saturated heterocycles. The molecule has 6 nitrogen and oxygen atoms in total. The van der Waals surface area contributed by atoms with Crippen LogP contribution in [0.5, 0.6) is 0 Å². The van der Waals surface area contributed by atoms with E-state index < -0.39 is 22.1 Å². The normalized spacial score (nSPS) is 24.3. The van der Waals surface area contributed by atoms with E-state index in [2.05, 4.69) is 4.74 Å². The summed E-state index contributed by atoms with van der Waals surface area (Å²) in [6.07, 6.45) is 1.83. The van der Waals surface area contributed by atoms with Gasteiger partial charge in [0, 0.05) is 13.1 Å². The van der Waals surface area contributed by atoms with Crippen molar-refractivity contribution in [1.29, 1.82) is 0 Å². The van der Waals surface area contributed by atoms with Gasteiger partial charge in [0.2, 0.25) is 10.0 Å². The predicted octanol–water partition coefficient (Wildman–Crippen LogP) is -0.418. The molecule has 0 aromatic carbocycles. The summed E-state index contributed by atoms with van der Waals surface area (Å²) in [5, 5.41) is 9.52. The zero-order valence-electron chi connectivity index (χ0n) is 10.1. The number of piperidine rings is 1. The van der Waals surface area contributed by atoms with Crippen LogP contribution in [0.25, 0.3) is 0 Å². The third-order valence-electron chi connectivity index (χ3n) is 2.98. The van der Waals surface area contributed by atoms with E-state index in [0.29, 0.717) is 13.1 Å². The van der Waals surface area contributed by atoms with E-state index in [1.165, 1.54) is 17.7 Å². The minimum Gasteiger partial charge on any atom is -0.467 e. The molecule has 1 N–H and O–H groups in total. The highest BCUT2D eigenvalue weighted by atomic mass is 32.2. The molecule has 1 heterocycles. The summed E-state index contributed by atoms with van der Waals surface area (Å²) in [6, 6.07) is 0. The van der Waals surface area contributed by atoms with Gasteiger partial charge in [-0.15, -0.1) is 0 Å². The lowest BCUT2D eigenvalue weighted by atomic mass is 9.93. The minimum atomic E-state index is -3.18. The lowest BCUT2D eigenvalue weighted by Gasteiger charge is -2.31. The van der Waals surface area contributed by atoms with E-state index in [0.717, 1.165) is 12.8 Å². The molecule has 1 aliphatic heterocycles. The highest BCUT2D eigenvalue weighted by Gasteiger charge is 2.29. The molecule has 2 atom stereocenters. The topological polar surface area (TPSA) is 83.9 Å². The first kappa shape index (κ1) is 14.4. The molecule has 0 aliphatic carbocycles. The van der Waals surface area contributed by atoms with Crippen LogP contribution >= 0.6 is 0 Å². The Morgan fingerprint density at radius 1 is 1.59 bits per heavy atom. The minimum absolute atomic E-state index is 0.00701. The predicted molar refractivity (Wildman–Crippen MR) is 61.8 cm³/mol. The Morgan fingerprint density at radius 3 is 2.76 bits per heavy atom. The van der Waals surface area contributed by atoms with E-state index >= 15 is 0 Å². The van der Waals surface area contributed by atoms with E-state index in [9.17, 15) is 18.3 Å². The summed E-state index contributed by atoms with van der Waals surface area (Å²) >= 11 is 0. The molecule has 0 saturated carbocycles. The summed E-state index contributed by atoms with van der Waals surface area (Å²) in [6.45, 7) is 0.885. The van der Waals surface area contributed by atoms with Crippen LogP contribution in [0.2, 0.25) is 0 Å². The fraction of sp³-hybridized carbons (Fsp3) is 0.900. The van der Waals surface area contributed by atoms with Gasteiger partial charge in [0.25, 0.3) is 0 Å². The Labute approximate surface area is 102 Å². The first-order valence-electron chi connectivity index (χ1n) is 5.55. The van der Waals surface area contributed by atoms with Crippen molar-refractivity contribution < 1.29 is 23.1 Å². The Balaban J connectivity index is 2.53. The summed E-state index contributed by atoms with van der Waals surface area (Å²) in [4.78, 5) is 11.1. The lowest BCUT2D eigenvalue weighted by molar-refractivity contribution is -0.151. The van der Waals surface area contributed by atoms with Gasteiger partial charge in [0.1, 0.15) is 0 Å². The van der Waals surface area contributed by atoms with E-state index in [4.69, 9.17) is 0 Å². The van der Waals surface area contributed by atoms with Gasteiger partial charge in [-0.2, -0.15) is 0 Å². The fourth-order valence-electron chi connectivity index (χ4n) is 2.07. The molecule has 0 amide bonds. The third kappa shape index (κ3) is 4.25. The fourth-order valence-corrected chi connectivity index (χ4v) is 3.01. The van der Waals surface area contributed by atoms with Crippen molar-refractivity contribution in [3.05, 3.63) is 0 Å². The number of nitrogens with zero attached hydrogens (tertiary/aromatic N) is 1. The van der Waals surface area contributed by atoms with Crippen LogP contribution in [0.3, 0.4) is 0 Å². The zero-order valence-corrected chi connectivity index (χ0v) is 10.9. The average Bonchev–Trinajstić information content (AvgIpc) is 2.27. The second kappa shape index (κ2) is 5.79. The molecule has 0 bridgehead atoms. The summed E-state index contributed by atoms with van der Waals surface area (Å²) in [5.74, 6) is -0.658. The molecule has 100 valence electrons. The maximum Gasteiger partial charge on any atom is 0.334 e. The molecular formula is C10H19NO5S. The van der Waals surface area contributed by atoms with Crippen LogP contribution in [-0.4, -0.2) is 56.4 Å². The van der Waals surface area contributed by atoms with E-state index in [1.54, 1.807) is 0 Å². The Bertz CT molecular complexity index is 367. The van der Waals surface area contributed by atoms with Crippen molar-refractivity contribution in [1.82, 2.24) is 4.31 Å². The van der Waals surface area contributed by atoms with Gasteiger partial charge >= 0.3 is 5.97 Å². The maximum absolute atomic E-state index is 11.4. The molecule has 2 unspecified atom stereocenters. The van der Waals surface area contributed by atoms with Crippen LogP contribution in [0.1, 0.15) is 19.3 Å². The molecule has 1 aliphatic rings. The lowest BCUT2D eigenvalue weighted by Crippen LogP contribution is -2.41. The number of hydrogen-bond acceptors (Lipinski definition) is 5. The van der Waals surface area contributed by atoms with Crippen molar-refractivity contribution in [3.63, 3.8) is 0 Å². The van der Waals surface area contributed by atoms with Crippen molar-refractivity contribution in [2.45, 2.75) is 25.4 Å². The van der Waals surface area contributed by atoms with Gasteiger partial charge in [0.05, 0.1) is 13.4 Å². The Hall–Kier alpha value is -0.660. The molecule has 17 heavy (non-hydrogen) atoms. The van der Waals surface area contributed by atoms with Crippen LogP contribution in [0.15, 0.2) is 0 Å². The average molecular weight is 265 g/mol. The van der Waals surface area contributed by atoms with Gasteiger partial charge in [0.15, 0.2) is 6.10 Å². The first-order chi connectivity index (χ1) is 7.84. The first-order valence-corrected chi connectivity index (χ1v) is 7.40. The quantitative estimate of drug-likeness (QED) is 0.698. The summed E-state index contributed by atoms with van der Waals surface area (Å²) in [5.41, 5.74) is 0. The van der Waals surface area contributed by atoms with Crippen molar-refractivity contribution in [3.8, 4) is 0 Å². The zero-order chi connectivity index (χ0) is 13.1. The monoisotopic (exact) mass is 265 g/mol. The molecule has 0 spiro atoms. The highest BCUT2D eigenvalue weighted by Crippen LogP contribution is 2.22. The van der Waals surface area contributed by atoms with Crippen molar-refractivity contribution in [2.24, 2.45) is 5.92 Å². The maximum atomic E-state index is 11.4. The number of sulfonamides is 1. The van der Waals surface area contributed by atoms with Crippen molar-refractivity contribution >= 4 is 16.0 Å². The van der Waals surface area contributed by atoms with E-state index in [-0.39, 0.29) is 12.3 Å². The molecule has 1 rings (SSSR count). The summed E-state index contributed by atoms with van der Waals surface area (Å²) < 4.78 is 28.6. The number of rotatable bonds is 4. The van der Waals surface area contributed by atoms with Gasteiger partial charge in [-0.05, 0) is 25.2 Å². The number of carbonyl (C=O) groups excluding carboxylic acids is 1. The second-order valence-corrected chi connectivity index (χ2v) is 6.39. The Morgan fingerprint density at radius 2 is 2.24 bits per heavy atom. The number of hydrogen-bond donors (Lipinski definition) is 1. The number of aliphatic hydroxyl groups is 1. The van der Waals surface area contributed by atoms with Crippen LogP contribution in [0, 0.1) is 5.92 Å². The van der Waals surface area contributed by atoms with Crippen LogP contribution < -0.4 is 0 Å². The van der Waals surface area contributed by atoms with Crippen LogP contribution in [-0.2, 0) is 19.6 Å². The molecule has 0 aromatic rings. The van der Waals surface area contributed by atoms with Crippen molar-refractivity contribution in [2.75, 3.05) is 26.5 Å². The van der Waals surface area contributed by atoms with E-state index in [1.807, 2.05) is 0 Å². The second-order valence-electron chi connectivity index (χ2n) is 4.40. The standard InChI is InChI=1S/C10H19NO5S/c1-16-10(13)9(12)6-8-4-3-5-11(7-8)17(2,14)15/h8-9,12H,3-7H2,1-2H3. The highest BCUT2D eigenvalue weighted by molar-refractivity contribution is 7.88. The van der Waals surface area contributed by atoms with Gasteiger partial charge in [-0.25, -0.2) is 17.5 Å². The molecule has 0 radical (unpaired) electrons. The molecule has 7 heteroatoms. The number of methoxy groups -OCH3 is 1. The SMILES string of the molecule is COC(=O)C(O)CC1CCCN(S(C)(=O)=O)C1.